The Kier molecular flexibility index (Phi) is 5.55. The van der Waals surface area contributed by atoms with E-state index in [4.69, 9.17) is 0 Å². The highest BCUT2D eigenvalue weighted by molar-refractivity contribution is 14.1. The van der Waals surface area contributed by atoms with Crippen molar-refractivity contribution in [1.29, 1.82) is 0 Å². The van der Waals surface area contributed by atoms with Gasteiger partial charge in [-0.1, -0.05) is 19.9 Å². The highest BCUT2D eigenvalue weighted by Gasteiger charge is 2.24. The SMILES string of the molecule is CCC(CC)(CO)CNc1cccc(I)c1. The molecule has 0 spiro atoms. The van der Waals surface area contributed by atoms with Crippen LogP contribution in [0.4, 0.5) is 5.69 Å². The van der Waals surface area contributed by atoms with Gasteiger partial charge in [0.05, 0.1) is 6.61 Å². The highest BCUT2D eigenvalue weighted by atomic mass is 127. The van der Waals surface area contributed by atoms with Gasteiger partial charge in [-0.05, 0) is 53.6 Å². The summed E-state index contributed by atoms with van der Waals surface area (Å²) >= 11 is 2.30. The number of nitrogens with one attached hydrogen (secondary N) is 1. The average Bonchev–Trinajstić information content (AvgIpc) is 2.32. The molecular weight excluding hydrogens is 313 g/mol. The number of anilines is 1. The van der Waals surface area contributed by atoms with Gasteiger partial charge in [0.25, 0.3) is 0 Å². The predicted octanol–water partition coefficient (Wildman–Crippen LogP) is 3.50. The van der Waals surface area contributed by atoms with E-state index in [1.54, 1.807) is 0 Å². The number of benzene rings is 1. The Morgan fingerprint density at radius 3 is 2.50 bits per heavy atom. The Morgan fingerprint density at radius 1 is 1.31 bits per heavy atom. The van der Waals surface area contributed by atoms with E-state index in [1.807, 2.05) is 6.07 Å². The van der Waals surface area contributed by atoms with Gasteiger partial charge in [-0.3, -0.25) is 0 Å². The van der Waals surface area contributed by atoms with Crippen molar-refractivity contribution in [1.82, 2.24) is 0 Å². The van der Waals surface area contributed by atoms with Crippen LogP contribution in [0.15, 0.2) is 24.3 Å². The molecule has 0 atom stereocenters. The lowest BCUT2D eigenvalue weighted by atomic mass is 9.83. The average molecular weight is 333 g/mol. The fourth-order valence-electron chi connectivity index (χ4n) is 1.67. The zero-order valence-electron chi connectivity index (χ0n) is 9.96. The van der Waals surface area contributed by atoms with E-state index < -0.39 is 0 Å². The minimum atomic E-state index is 0.0152. The maximum absolute atomic E-state index is 9.47. The van der Waals surface area contributed by atoms with Crippen molar-refractivity contribution in [3.63, 3.8) is 0 Å². The van der Waals surface area contributed by atoms with E-state index in [-0.39, 0.29) is 12.0 Å². The van der Waals surface area contributed by atoms with Crippen LogP contribution >= 0.6 is 22.6 Å². The first-order valence-electron chi connectivity index (χ1n) is 5.76. The number of rotatable bonds is 6. The Labute approximate surface area is 112 Å². The van der Waals surface area contributed by atoms with Gasteiger partial charge >= 0.3 is 0 Å². The van der Waals surface area contributed by atoms with Gasteiger partial charge in [0, 0.05) is 21.2 Å². The van der Waals surface area contributed by atoms with Crippen molar-refractivity contribution >= 4 is 28.3 Å². The number of hydrogen-bond donors (Lipinski definition) is 2. The second kappa shape index (κ2) is 6.45. The molecule has 0 aliphatic carbocycles. The van der Waals surface area contributed by atoms with Crippen molar-refractivity contribution in [3.05, 3.63) is 27.8 Å². The molecule has 0 fully saturated rings. The van der Waals surface area contributed by atoms with E-state index >= 15 is 0 Å². The van der Waals surface area contributed by atoms with Crippen LogP contribution in [0.2, 0.25) is 0 Å². The standard InChI is InChI=1S/C13H20INO/c1-3-13(4-2,10-16)9-15-12-7-5-6-11(14)8-12/h5-8,15-16H,3-4,9-10H2,1-2H3. The van der Waals surface area contributed by atoms with Crippen molar-refractivity contribution in [2.45, 2.75) is 26.7 Å². The van der Waals surface area contributed by atoms with Crippen molar-refractivity contribution in [2.24, 2.45) is 5.41 Å². The smallest absolute Gasteiger partial charge is 0.0504 e. The zero-order valence-corrected chi connectivity index (χ0v) is 12.1. The van der Waals surface area contributed by atoms with Crippen LogP contribution in [0.3, 0.4) is 0 Å². The Hall–Kier alpha value is -0.290. The molecule has 0 bridgehead atoms. The normalized spacial score (nSPS) is 11.5. The van der Waals surface area contributed by atoms with Gasteiger partial charge in [-0.15, -0.1) is 0 Å². The van der Waals surface area contributed by atoms with Crippen LogP contribution in [0, 0.1) is 8.99 Å². The predicted molar refractivity (Wildman–Crippen MR) is 77.7 cm³/mol. The minimum absolute atomic E-state index is 0.0152. The fraction of sp³-hybridized carbons (Fsp3) is 0.538. The summed E-state index contributed by atoms with van der Waals surface area (Å²) in [5.41, 5.74) is 1.15. The molecule has 0 aliphatic rings. The third-order valence-corrected chi connectivity index (χ3v) is 4.00. The van der Waals surface area contributed by atoms with Crippen molar-refractivity contribution in [2.75, 3.05) is 18.5 Å². The number of aliphatic hydroxyl groups is 1. The molecular formula is C13H20INO. The fourth-order valence-corrected chi connectivity index (χ4v) is 2.21. The summed E-state index contributed by atoms with van der Waals surface area (Å²) in [4.78, 5) is 0. The van der Waals surface area contributed by atoms with Crippen LogP contribution in [0.5, 0.6) is 0 Å². The number of halogens is 1. The van der Waals surface area contributed by atoms with E-state index in [2.05, 4.69) is 60.0 Å². The maximum Gasteiger partial charge on any atom is 0.0504 e. The quantitative estimate of drug-likeness (QED) is 0.781. The molecule has 1 rings (SSSR count). The summed E-state index contributed by atoms with van der Waals surface area (Å²) < 4.78 is 1.23. The number of hydrogen-bond acceptors (Lipinski definition) is 2. The molecule has 0 saturated heterocycles. The zero-order chi connectivity index (χ0) is 12.0. The summed E-state index contributed by atoms with van der Waals surface area (Å²) in [6.45, 7) is 5.35. The summed E-state index contributed by atoms with van der Waals surface area (Å²) in [6, 6.07) is 8.30. The van der Waals surface area contributed by atoms with Crippen LogP contribution in [-0.2, 0) is 0 Å². The maximum atomic E-state index is 9.47. The largest absolute Gasteiger partial charge is 0.396 e. The van der Waals surface area contributed by atoms with Gasteiger partial charge < -0.3 is 10.4 Å². The lowest BCUT2D eigenvalue weighted by molar-refractivity contribution is 0.127. The lowest BCUT2D eigenvalue weighted by Crippen LogP contribution is -2.32. The molecule has 0 unspecified atom stereocenters. The topological polar surface area (TPSA) is 32.3 Å². The monoisotopic (exact) mass is 333 g/mol. The summed E-state index contributed by atoms with van der Waals surface area (Å²) in [5.74, 6) is 0. The van der Waals surface area contributed by atoms with Crippen molar-refractivity contribution in [3.8, 4) is 0 Å². The van der Waals surface area contributed by atoms with Gasteiger partial charge in [-0.2, -0.15) is 0 Å². The molecule has 0 aromatic heterocycles. The van der Waals surface area contributed by atoms with Crippen LogP contribution in [-0.4, -0.2) is 18.3 Å². The van der Waals surface area contributed by atoms with E-state index in [0.717, 1.165) is 25.1 Å². The summed E-state index contributed by atoms with van der Waals surface area (Å²) in [5, 5.41) is 12.9. The lowest BCUT2D eigenvalue weighted by Gasteiger charge is -2.30. The Balaban J connectivity index is 2.62. The second-order valence-electron chi connectivity index (χ2n) is 4.23. The molecule has 16 heavy (non-hydrogen) atoms. The second-order valence-corrected chi connectivity index (χ2v) is 5.47. The molecule has 0 aliphatic heterocycles. The molecule has 1 aromatic rings. The highest BCUT2D eigenvalue weighted by Crippen LogP contribution is 2.26. The number of aliphatic hydroxyl groups excluding tert-OH is 1. The molecule has 2 N–H and O–H groups in total. The molecule has 1 aromatic carbocycles. The summed E-state index contributed by atoms with van der Waals surface area (Å²) in [7, 11) is 0. The van der Waals surface area contributed by atoms with Gasteiger partial charge in [-0.25, -0.2) is 0 Å². The molecule has 0 amide bonds. The Bertz CT molecular complexity index is 315. The van der Waals surface area contributed by atoms with E-state index in [1.165, 1.54) is 3.57 Å². The van der Waals surface area contributed by atoms with Crippen LogP contribution in [0.25, 0.3) is 0 Å². The molecule has 2 nitrogen and oxygen atoms in total. The van der Waals surface area contributed by atoms with Crippen LogP contribution in [0.1, 0.15) is 26.7 Å². The van der Waals surface area contributed by atoms with Gasteiger partial charge in [0.2, 0.25) is 0 Å². The molecule has 90 valence electrons. The van der Waals surface area contributed by atoms with Crippen molar-refractivity contribution < 1.29 is 5.11 Å². The molecule has 0 saturated carbocycles. The molecule has 3 heteroatoms. The Morgan fingerprint density at radius 2 is 2.00 bits per heavy atom. The third kappa shape index (κ3) is 3.63. The van der Waals surface area contributed by atoms with E-state index in [9.17, 15) is 5.11 Å². The minimum Gasteiger partial charge on any atom is -0.396 e. The first-order valence-corrected chi connectivity index (χ1v) is 6.84. The summed E-state index contributed by atoms with van der Waals surface area (Å²) in [6.07, 6.45) is 1.99. The van der Waals surface area contributed by atoms with Gasteiger partial charge in [0.1, 0.15) is 0 Å². The molecule has 0 heterocycles. The first kappa shape index (κ1) is 13.8. The van der Waals surface area contributed by atoms with E-state index in [0.29, 0.717) is 0 Å². The van der Waals surface area contributed by atoms with Gasteiger partial charge in [0.15, 0.2) is 0 Å². The molecule has 0 radical (unpaired) electrons. The first-order chi connectivity index (χ1) is 7.65. The van der Waals surface area contributed by atoms with Crippen LogP contribution < -0.4 is 5.32 Å². The third-order valence-electron chi connectivity index (χ3n) is 3.33.